The average Bonchev–Trinajstić information content (AvgIpc) is 2.48. The van der Waals surface area contributed by atoms with E-state index in [9.17, 15) is 5.11 Å². The maximum Gasteiger partial charge on any atom is 0.128 e. The van der Waals surface area contributed by atoms with E-state index in [1.165, 1.54) is 0 Å². The van der Waals surface area contributed by atoms with Gasteiger partial charge in [0, 0.05) is 22.0 Å². The third-order valence-electron chi connectivity index (χ3n) is 3.78. The second kappa shape index (κ2) is 5.70. The topological polar surface area (TPSA) is 38.7 Å². The molecule has 1 heterocycles. The molecule has 2 aromatic rings. The molecule has 21 heavy (non-hydrogen) atoms. The molecule has 2 aromatic carbocycles. The number of fused-ring (bicyclic) bond motifs is 1. The summed E-state index contributed by atoms with van der Waals surface area (Å²) in [5.41, 5.74) is 2.97. The minimum absolute atomic E-state index is 0.195. The largest absolute Gasteiger partial charge is 0.497 e. The van der Waals surface area contributed by atoms with E-state index >= 15 is 0 Å². The zero-order valence-corrected chi connectivity index (χ0v) is 13.6. The van der Waals surface area contributed by atoms with Gasteiger partial charge in [-0.25, -0.2) is 0 Å². The zero-order valence-electron chi connectivity index (χ0n) is 12.0. The summed E-state index contributed by atoms with van der Waals surface area (Å²) in [6.45, 7) is 2.01. The van der Waals surface area contributed by atoms with E-state index in [1.54, 1.807) is 7.11 Å². The Morgan fingerprint density at radius 1 is 1.19 bits per heavy atom. The molecular weight excluding hydrogens is 332 g/mol. The van der Waals surface area contributed by atoms with Crippen LogP contribution >= 0.6 is 15.9 Å². The molecule has 0 saturated carbocycles. The van der Waals surface area contributed by atoms with Crippen LogP contribution < -0.4 is 9.47 Å². The third kappa shape index (κ3) is 2.78. The Hall–Kier alpha value is -1.52. The van der Waals surface area contributed by atoms with Crippen molar-refractivity contribution in [1.82, 2.24) is 0 Å². The van der Waals surface area contributed by atoms with Crippen LogP contribution in [-0.4, -0.2) is 12.2 Å². The number of halogens is 1. The second-order valence-corrected chi connectivity index (χ2v) is 6.14. The Morgan fingerprint density at radius 3 is 2.76 bits per heavy atom. The van der Waals surface area contributed by atoms with Gasteiger partial charge in [0.05, 0.1) is 13.2 Å². The van der Waals surface area contributed by atoms with Crippen molar-refractivity contribution >= 4 is 15.9 Å². The van der Waals surface area contributed by atoms with E-state index in [1.807, 2.05) is 43.3 Å². The fourth-order valence-electron chi connectivity index (χ4n) is 2.65. The predicted octanol–water partition coefficient (Wildman–Crippen LogP) is 4.32. The molecule has 4 heteroatoms. The lowest BCUT2D eigenvalue weighted by Crippen LogP contribution is -2.19. The highest BCUT2D eigenvalue weighted by atomic mass is 79.9. The number of methoxy groups -OCH3 is 1. The summed E-state index contributed by atoms with van der Waals surface area (Å²) in [5, 5.41) is 10.4. The van der Waals surface area contributed by atoms with Crippen LogP contribution in [0, 0.1) is 6.92 Å². The molecule has 3 nitrogen and oxygen atoms in total. The minimum Gasteiger partial charge on any atom is -0.497 e. The van der Waals surface area contributed by atoms with E-state index in [0.717, 1.165) is 32.7 Å². The fraction of sp³-hybridized carbons (Fsp3) is 0.294. The molecule has 0 saturated heterocycles. The van der Waals surface area contributed by atoms with Crippen LogP contribution in [0.25, 0.3) is 0 Å². The van der Waals surface area contributed by atoms with Crippen molar-refractivity contribution in [1.29, 1.82) is 0 Å². The Kier molecular flexibility index (Phi) is 3.91. The third-order valence-corrected chi connectivity index (χ3v) is 4.50. The van der Waals surface area contributed by atoms with Crippen LogP contribution in [0.2, 0.25) is 0 Å². The molecule has 110 valence electrons. The standard InChI is InChI=1S/C17H17BrO3/c1-10-3-6-16-13(7-10)15(19)9-17(21-16)12-8-11(20-2)4-5-14(12)18/h3-8,15,17,19H,9H2,1-2H3. The highest BCUT2D eigenvalue weighted by Gasteiger charge is 2.29. The Bertz CT molecular complexity index is 669. The van der Waals surface area contributed by atoms with Crippen LogP contribution in [0.5, 0.6) is 11.5 Å². The van der Waals surface area contributed by atoms with Gasteiger partial charge in [-0.15, -0.1) is 0 Å². The molecule has 0 aromatic heterocycles. The molecule has 1 aliphatic heterocycles. The molecular formula is C17H17BrO3. The van der Waals surface area contributed by atoms with E-state index in [-0.39, 0.29) is 6.10 Å². The van der Waals surface area contributed by atoms with Crippen LogP contribution in [-0.2, 0) is 0 Å². The highest BCUT2D eigenvalue weighted by Crippen LogP contribution is 2.43. The number of hydrogen-bond acceptors (Lipinski definition) is 3. The Labute approximate surface area is 132 Å². The van der Waals surface area contributed by atoms with Crippen molar-refractivity contribution in [3.8, 4) is 11.5 Å². The van der Waals surface area contributed by atoms with Gasteiger partial charge in [-0.3, -0.25) is 0 Å². The molecule has 3 rings (SSSR count). The van der Waals surface area contributed by atoms with Crippen molar-refractivity contribution in [2.45, 2.75) is 25.6 Å². The quantitative estimate of drug-likeness (QED) is 0.877. The number of aliphatic hydroxyl groups excluding tert-OH is 1. The molecule has 0 amide bonds. The second-order valence-electron chi connectivity index (χ2n) is 5.29. The molecule has 0 aliphatic carbocycles. The van der Waals surface area contributed by atoms with Gasteiger partial charge >= 0.3 is 0 Å². The maximum absolute atomic E-state index is 10.4. The number of hydrogen-bond donors (Lipinski definition) is 1. The number of aliphatic hydroxyl groups is 1. The number of ether oxygens (including phenoxy) is 2. The highest BCUT2D eigenvalue weighted by molar-refractivity contribution is 9.10. The lowest BCUT2D eigenvalue weighted by atomic mass is 9.94. The summed E-state index contributed by atoms with van der Waals surface area (Å²) < 4.78 is 12.3. The Balaban J connectivity index is 1.97. The molecule has 0 bridgehead atoms. The minimum atomic E-state index is -0.517. The smallest absolute Gasteiger partial charge is 0.128 e. The fourth-order valence-corrected chi connectivity index (χ4v) is 3.15. The normalized spacial score (nSPS) is 20.6. The first kappa shape index (κ1) is 14.4. The first-order chi connectivity index (χ1) is 10.1. The van der Waals surface area contributed by atoms with Gasteiger partial charge < -0.3 is 14.6 Å². The summed E-state index contributed by atoms with van der Waals surface area (Å²) >= 11 is 3.55. The first-order valence-electron chi connectivity index (χ1n) is 6.87. The SMILES string of the molecule is COc1ccc(Br)c(C2CC(O)c3cc(C)ccc3O2)c1. The number of aryl methyl sites for hydroxylation is 1. The van der Waals surface area contributed by atoms with E-state index in [2.05, 4.69) is 15.9 Å². The van der Waals surface area contributed by atoms with Gasteiger partial charge in [-0.2, -0.15) is 0 Å². The van der Waals surface area contributed by atoms with Gasteiger partial charge in [-0.1, -0.05) is 27.6 Å². The maximum atomic E-state index is 10.4. The van der Waals surface area contributed by atoms with Crippen LogP contribution in [0.15, 0.2) is 40.9 Å². The van der Waals surface area contributed by atoms with Crippen molar-refractivity contribution in [2.24, 2.45) is 0 Å². The predicted molar refractivity (Wildman–Crippen MR) is 84.8 cm³/mol. The summed E-state index contributed by atoms with van der Waals surface area (Å²) in [5.74, 6) is 1.53. The first-order valence-corrected chi connectivity index (χ1v) is 7.66. The Morgan fingerprint density at radius 2 is 2.00 bits per heavy atom. The van der Waals surface area contributed by atoms with Crippen molar-refractivity contribution in [3.63, 3.8) is 0 Å². The molecule has 1 aliphatic rings. The van der Waals surface area contributed by atoms with Gasteiger partial charge in [-0.05, 0) is 37.3 Å². The molecule has 0 fully saturated rings. The monoisotopic (exact) mass is 348 g/mol. The van der Waals surface area contributed by atoms with Crippen molar-refractivity contribution in [2.75, 3.05) is 7.11 Å². The molecule has 2 atom stereocenters. The van der Waals surface area contributed by atoms with Gasteiger partial charge in [0.25, 0.3) is 0 Å². The van der Waals surface area contributed by atoms with Crippen LogP contribution in [0.3, 0.4) is 0 Å². The zero-order chi connectivity index (χ0) is 15.0. The van der Waals surface area contributed by atoms with Crippen LogP contribution in [0.1, 0.15) is 35.3 Å². The van der Waals surface area contributed by atoms with Crippen molar-refractivity contribution < 1.29 is 14.6 Å². The number of rotatable bonds is 2. The lowest BCUT2D eigenvalue weighted by Gasteiger charge is -2.30. The van der Waals surface area contributed by atoms with E-state index in [0.29, 0.717) is 6.42 Å². The van der Waals surface area contributed by atoms with Gasteiger partial charge in [0.2, 0.25) is 0 Å². The summed E-state index contributed by atoms with van der Waals surface area (Å²) in [6, 6.07) is 11.7. The van der Waals surface area contributed by atoms with Crippen molar-refractivity contribution in [3.05, 3.63) is 57.6 Å². The molecule has 2 unspecified atom stereocenters. The van der Waals surface area contributed by atoms with Gasteiger partial charge in [0.1, 0.15) is 17.6 Å². The van der Waals surface area contributed by atoms with E-state index in [4.69, 9.17) is 9.47 Å². The molecule has 1 N–H and O–H groups in total. The summed E-state index contributed by atoms with van der Waals surface area (Å²) in [6.07, 6.45) is -0.182. The molecule has 0 spiro atoms. The summed E-state index contributed by atoms with van der Waals surface area (Å²) in [7, 11) is 1.64. The lowest BCUT2D eigenvalue weighted by molar-refractivity contribution is 0.0652. The van der Waals surface area contributed by atoms with Gasteiger partial charge in [0.15, 0.2) is 0 Å². The summed E-state index contributed by atoms with van der Waals surface area (Å²) in [4.78, 5) is 0. The number of benzene rings is 2. The molecule has 0 radical (unpaired) electrons. The van der Waals surface area contributed by atoms with E-state index < -0.39 is 6.10 Å². The van der Waals surface area contributed by atoms with Crippen LogP contribution in [0.4, 0.5) is 0 Å². The average molecular weight is 349 g/mol.